The molecule has 0 spiro atoms. The molecule has 0 radical (unpaired) electrons. The van der Waals surface area contributed by atoms with E-state index in [4.69, 9.17) is 4.42 Å². The minimum atomic E-state index is -0.102. The van der Waals surface area contributed by atoms with E-state index in [0.717, 1.165) is 60.4 Å². The van der Waals surface area contributed by atoms with Crippen LogP contribution in [0, 0.1) is 0 Å². The average Bonchev–Trinajstić information content (AvgIpc) is 3.36. The van der Waals surface area contributed by atoms with Crippen LogP contribution in [0.2, 0.25) is 0 Å². The van der Waals surface area contributed by atoms with Crippen molar-refractivity contribution in [3.63, 3.8) is 0 Å². The Morgan fingerprint density at radius 3 is 2.59 bits per heavy atom. The average molecular weight is 474 g/mol. The van der Waals surface area contributed by atoms with Crippen molar-refractivity contribution in [3.8, 4) is 11.5 Å². The summed E-state index contributed by atoms with van der Waals surface area (Å²) in [6.45, 7) is 7.23. The fourth-order valence-corrected chi connectivity index (χ4v) is 4.83. The number of anilines is 2. The summed E-state index contributed by atoms with van der Waals surface area (Å²) in [5.74, 6) is 0.542. The molecule has 4 aromatic rings. The summed E-state index contributed by atoms with van der Waals surface area (Å²) >= 11 is 1.24. The molecule has 5 rings (SSSR count). The maximum atomic E-state index is 12.7. The molecule has 0 atom stereocenters. The Morgan fingerprint density at radius 1 is 0.971 bits per heavy atom. The van der Waals surface area contributed by atoms with Gasteiger partial charge in [-0.1, -0.05) is 67.2 Å². The number of carbonyl (C=O) groups excluding carboxylic acids is 1. The van der Waals surface area contributed by atoms with Crippen LogP contribution in [0.5, 0.6) is 0 Å². The van der Waals surface area contributed by atoms with Gasteiger partial charge in [0.1, 0.15) is 0 Å². The number of nitrogens with zero attached hydrogens (tertiary/aromatic N) is 4. The quantitative estimate of drug-likeness (QED) is 0.388. The second kappa shape index (κ2) is 10.3. The molecule has 34 heavy (non-hydrogen) atoms. The van der Waals surface area contributed by atoms with E-state index in [9.17, 15) is 4.79 Å². The number of thioether (sulfide) groups is 1. The lowest BCUT2D eigenvalue weighted by Gasteiger charge is -2.36. The summed E-state index contributed by atoms with van der Waals surface area (Å²) in [5, 5.41) is 14.0. The van der Waals surface area contributed by atoms with Gasteiger partial charge in [-0.05, 0) is 35.5 Å². The zero-order valence-corrected chi connectivity index (χ0v) is 19.9. The van der Waals surface area contributed by atoms with Crippen LogP contribution in [0.25, 0.3) is 22.2 Å². The largest absolute Gasteiger partial charge is 0.411 e. The van der Waals surface area contributed by atoms with E-state index in [1.165, 1.54) is 11.8 Å². The van der Waals surface area contributed by atoms with E-state index in [-0.39, 0.29) is 11.7 Å². The second-order valence-corrected chi connectivity index (χ2v) is 9.10. The molecule has 1 fully saturated rings. The zero-order chi connectivity index (χ0) is 23.3. The Morgan fingerprint density at radius 2 is 1.74 bits per heavy atom. The predicted octanol–water partition coefficient (Wildman–Crippen LogP) is 4.76. The first kappa shape index (κ1) is 22.4. The highest BCUT2D eigenvalue weighted by molar-refractivity contribution is 7.99. The molecular formula is C26H27N5O2S. The fraction of sp³-hybridized carbons (Fsp3) is 0.269. The van der Waals surface area contributed by atoms with E-state index in [0.29, 0.717) is 11.1 Å². The van der Waals surface area contributed by atoms with Crippen molar-refractivity contribution in [2.75, 3.05) is 48.7 Å². The third kappa shape index (κ3) is 4.93. The molecule has 174 valence electrons. The molecule has 0 unspecified atom stereocenters. The lowest BCUT2D eigenvalue weighted by atomic mass is 10.0. The number of carbonyl (C=O) groups is 1. The Kier molecular flexibility index (Phi) is 6.78. The summed E-state index contributed by atoms with van der Waals surface area (Å²) in [5.41, 5.74) is 2.78. The van der Waals surface area contributed by atoms with Crippen LogP contribution >= 0.6 is 11.8 Å². The van der Waals surface area contributed by atoms with Crippen LogP contribution in [0.3, 0.4) is 0 Å². The maximum absolute atomic E-state index is 12.7. The summed E-state index contributed by atoms with van der Waals surface area (Å²) in [4.78, 5) is 17.5. The molecule has 7 nitrogen and oxygen atoms in total. The zero-order valence-electron chi connectivity index (χ0n) is 19.1. The van der Waals surface area contributed by atoms with Crippen LogP contribution in [-0.2, 0) is 4.79 Å². The summed E-state index contributed by atoms with van der Waals surface area (Å²) in [7, 11) is 0. The van der Waals surface area contributed by atoms with Crippen molar-refractivity contribution < 1.29 is 9.21 Å². The Hall–Kier alpha value is -3.36. The van der Waals surface area contributed by atoms with Crippen LogP contribution in [-0.4, -0.2) is 59.5 Å². The lowest BCUT2D eigenvalue weighted by Crippen LogP contribution is -2.46. The molecule has 1 aliphatic heterocycles. The molecule has 3 aromatic carbocycles. The monoisotopic (exact) mass is 473 g/mol. The summed E-state index contributed by atoms with van der Waals surface area (Å²) in [6.07, 6.45) is 0. The van der Waals surface area contributed by atoms with Crippen molar-refractivity contribution in [2.24, 2.45) is 0 Å². The van der Waals surface area contributed by atoms with E-state index >= 15 is 0 Å². The predicted molar refractivity (Wildman–Crippen MR) is 137 cm³/mol. The van der Waals surface area contributed by atoms with Gasteiger partial charge in [-0.15, -0.1) is 10.2 Å². The molecule has 0 aliphatic carbocycles. The van der Waals surface area contributed by atoms with E-state index in [1.54, 1.807) is 0 Å². The van der Waals surface area contributed by atoms with Gasteiger partial charge in [0.05, 0.1) is 17.1 Å². The molecule has 1 aromatic heterocycles. The summed E-state index contributed by atoms with van der Waals surface area (Å²) < 4.78 is 5.87. The Balaban J connectivity index is 1.22. The topological polar surface area (TPSA) is 74.5 Å². The molecule has 1 N–H and O–H groups in total. The number of para-hydroxylation sites is 2. The van der Waals surface area contributed by atoms with Crippen LogP contribution < -0.4 is 10.2 Å². The number of likely N-dealkylation sites (N-methyl/N-ethyl adjacent to an activating group) is 1. The van der Waals surface area contributed by atoms with E-state index < -0.39 is 0 Å². The summed E-state index contributed by atoms with van der Waals surface area (Å²) in [6, 6.07) is 22.1. The molecular weight excluding hydrogens is 446 g/mol. The number of benzene rings is 3. The van der Waals surface area contributed by atoms with Gasteiger partial charge in [0.25, 0.3) is 5.22 Å². The van der Waals surface area contributed by atoms with E-state index in [2.05, 4.69) is 50.4 Å². The third-order valence-corrected chi connectivity index (χ3v) is 6.91. The maximum Gasteiger partial charge on any atom is 0.277 e. The molecule has 0 bridgehead atoms. The van der Waals surface area contributed by atoms with E-state index in [1.807, 2.05) is 48.5 Å². The second-order valence-electron chi connectivity index (χ2n) is 8.18. The number of aromatic nitrogens is 2. The number of nitrogens with one attached hydrogen (secondary N) is 1. The van der Waals surface area contributed by atoms with Crippen molar-refractivity contribution in [3.05, 3.63) is 66.7 Å². The van der Waals surface area contributed by atoms with Gasteiger partial charge in [0.15, 0.2) is 0 Å². The first-order valence-corrected chi connectivity index (χ1v) is 12.5. The standard InChI is InChI=1S/C26H27N5O2S/c1-2-30-14-16-31(17-15-30)23-13-6-5-12-22(23)27-24(32)18-34-26-29-28-25(33-26)21-11-7-9-19-8-3-4-10-20(19)21/h3-13H,2,14-18H2,1H3,(H,27,32). The van der Waals surface area contributed by atoms with Crippen molar-refractivity contribution in [1.82, 2.24) is 15.1 Å². The number of hydrogen-bond acceptors (Lipinski definition) is 7. The van der Waals surface area contributed by atoms with Gasteiger partial charge in [0, 0.05) is 31.7 Å². The smallest absolute Gasteiger partial charge is 0.277 e. The number of amides is 1. The Bertz CT molecular complexity index is 1280. The Labute approximate surface area is 203 Å². The van der Waals surface area contributed by atoms with Gasteiger partial charge in [-0.2, -0.15) is 0 Å². The minimum Gasteiger partial charge on any atom is -0.411 e. The highest BCUT2D eigenvalue weighted by Gasteiger charge is 2.19. The van der Waals surface area contributed by atoms with Crippen LogP contribution in [0.15, 0.2) is 76.4 Å². The van der Waals surface area contributed by atoms with Gasteiger partial charge in [-0.25, -0.2) is 0 Å². The van der Waals surface area contributed by atoms with Crippen molar-refractivity contribution in [1.29, 1.82) is 0 Å². The minimum absolute atomic E-state index is 0.102. The number of rotatable bonds is 7. The molecule has 1 saturated heterocycles. The molecule has 0 saturated carbocycles. The number of fused-ring (bicyclic) bond motifs is 1. The first-order chi connectivity index (χ1) is 16.7. The highest BCUT2D eigenvalue weighted by atomic mass is 32.2. The SMILES string of the molecule is CCN1CCN(c2ccccc2NC(=O)CSc2nnc(-c3cccc4ccccc34)o2)CC1. The third-order valence-electron chi connectivity index (χ3n) is 6.09. The van der Waals surface area contributed by atoms with Crippen molar-refractivity contribution >= 4 is 39.8 Å². The van der Waals surface area contributed by atoms with Gasteiger partial charge < -0.3 is 19.5 Å². The molecule has 1 aliphatic rings. The normalized spacial score (nSPS) is 14.4. The number of hydrogen-bond donors (Lipinski definition) is 1. The highest BCUT2D eigenvalue weighted by Crippen LogP contribution is 2.30. The van der Waals surface area contributed by atoms with Gasteiger partial charge in [0.2, 0.25) is 11.8 Å². The van der Waals surface area contributed by atoms with Crippen LogP contribution in [0.4, 0.5) is 11.4 Å². The molecule has 2 heterocycles. The van der Waals surface area contributed by atoms with Gasteiger partial charge in [-0.3, -0.25) is 4.79 Å². The lowest BCUT2D eigenvalue weighted by molar-refractivity contribution is -0.113. The van der Waals surface area contributed by atoms with Crippen molar-refractivity contribution in [2.45, 2.75) is 12.1 Å². The number of piperazine rings is 1. The fourth-order valence-electron chi connectivity index (χ4n) is 4.26. The van der Waals surface area contributed by atoms with Crippen LogP contribution in [0.1, 0.15) is 6.92 Å². The van der Waals surface area contributed by atoms with Gasteiger partial charge >= 0.3 is 0 Å². The molecule has 8 heteroatoms. The first-order valence-electron chi connectivity index (χ1n) is 11.5. The molecule has 1 amide bonds.